The van der Waals surface area contributed by atoms with Crippen molar-refractivity contribution >= 4 is 21.8 Å². The Morgan fingerprint density at radius 1 is 1.04 bits per heavy atom. The molecule has 2 aromatic carbocycles. The van der Waals surface area contributed by atoms with E-state index in [2.05, 4.69) is 31.4 Å². The molecule has 1 aromatic heterocycles. The minimum atomic E-state index is -0.166. The van der Waals surface area contributed by atoms with Gasteiger partial charge in [0.05, 0.1) is 25.0 Å². The zero-order chi connectivity index (χ0) is 17.5. The lowest BCUT2D eigenvalue weighted by molar-refractivity contribution is -0.121. The van der Waals surface area contributed by atoms with Crippen molar-refractivity contribution in [3.05, 3.63) is 82.6 Å². The maximum atomic E-state index is 12.5. The van der Waals surface area contributed by atoms with E-state index in [1.807, 2.05) is 54.6 Å². The molecule has 0 spiro atoms. The number of carbonyl (C=O) groups excluding carboxylic acids is 1. The van der Waals surface area contributed by atoms with Crippen LogP contribution in [0.25, 0.3) is 0 Å². The predicted octanol–water partition coefficient (Wildman–Crippen LogP) is 3.53. The van der Waals surface area contributed by atoms with Gasteiger partial charge >= 0.3 is 0 Å². The predicted molar refractivity (Wildman–Crippen MR) is 99.8 cm³/mol. The van der Waals surface area contributed by atoms with E-state index in [1.54, 1.807) is 17.2 Å². The van der Waals surface area contributed by atoms with Crippen LogP contribution in [0.5, 0.6) is 0 Å². The van der Waals surface area contributed by atoms with Crippen molar-refractivity contribution in [2.75, 3.05) is 0 Å². The molecule has 0 saturated carbocycles. The van der Waals surface area contributed by atoms with Gasteiger partial charge < -0.3 is 5.32 Å². The summed E-state index contributed by atoms with van der Waals surface area (Å²) < 4.78 is 1.03. The van der Waals surface area contributed by atoms with E-state index in [-0.39, 0.29) is 11.9 Å². The summed E-state index contributed by atoms with van der Waals surface area (Å²) in [5.74, 6) is 0.0109. The third-order valence-corrected chi connectivity index (χ3v) is 4.70. The highest BCUT2D eigenvalue weighted by atomic mass is 79.9. The molecule has 1 atom stereocenters. The zero-order valence-corrected chi connectivity index (χ0v) is 15.3. The van der Waals surface area contributed by atoms with E-state index in [1.165, 1.54) is 0 Å². The fourth-order valence-corrected chi connectivity index (χ4v) is 3.12. The molecule has 1 heterocycles. The van der Waals surface area contributed by atoms with Gasteiger partial charge in [-0.1, -0.05) is 64.5 Å². The van der Waals surface area contributed by atoms with Gasteiger partial charge in [-0.25, -0.2) is 0 Å². The highest BCUT2D eigenvalue weighted by molar-refractivity contribution is 9.10. The number of aryl methyl sites for hydroxylation is 1. The third-order valence-electron chi connectivity index (χ3n) is 3.93. The van der Waals surface area contributed by atoms with Crippen molar-refractivity contribution in [1.82, 2.24) is 20.3 Å². The lowest BCUT2D eigenvalue weighted by Gasteiger charge is -2.19. The van der Waals surface area contributed by atoms with E-state index in [4.69, 9.17) is 0 Å². The summed E-state index contributed by atoms with van der Waals surface area (Å²) in [4.78, 5) is 14.1. The molecular formula is C19H19BrN4O. The highest BCUT2D eigenvalue weighted by Gasteiger charge is 2.16. The highest BCUT2D eigenvalue weighted by Crippen LogP contribution is 2.18. The molecule has 0 saturated heterocycles. The molecule has 0 aliphatic rings. The number of amides is 1. The van der Waals surface area contributed by atoms with Crippen LogP contribution in [0, 0.1) is 0 Å². The van der Waals surface area contributed by atoms with Crippen molar-refractivity contribution in [1.29, 1.82) is 0 Å². The van der Waals surface area contributed by atoms with Gasteiger partial charge in [-0.05, 0) is 23.6 Å². The second-order valence-corrected chi connectivity index (χ2v) is 6.56. The van der Waals surface area contributed by atoms with Crippen LogP contribution < -0.4 is 5.32 Å². The van der Waals surface area contributed by atoms with Crippen molar-refractivity contribution in [2.24, 2.45) is 0 Å². The van der Waals surface area contributed by atoms with Crippen LogP contribution in [-0.4, -0.2) is 20.9 Å². The first-order valence-corrected chi connectivity index (χ1v) is 8.93. The lowest BCUT2D eigenvalue weighted by atomic mass is 10.1. The number of nitrogens with zero attached hydrogens (tertiary/aromatic N) is 3. The van der Waals surface area contributed by atoms with Crippen LogP contribution in [0.2, 0.25) is 0 Å². The van der Waals surface area contributed by atoms with Crippen molar-refractivity contribution < 1.29 is 4.79 Å². The topological polar surface area (TPSA) is 59.8 Å². The average molecular weight is 399 g/mol. The average Bonchev–Trinajstić information content (AvgIpc) is 3.14. The monoisotopic (exact) mass is 398 g/mol. The quantitative estimate of drug-likeness (QED) is 0.661. The van der Waals surface area contributed by atoms with Crippen molar-refractivity contribution in [3.63, 3.8) is 0 Å². The van der Waals surface area contributed by atoms with Gasteiger partial charge in [-0.2, -0.15) is 15.0 Å². The number of aromatic nitrogens is 3. The molecule has 6 heteroatoms. The minimum Gasteiger partial charge on any atom is -0.347 e. The molecule has 0 fully saturated rings. The SMILES string of the molecule is O=C(CCc1ccccc1Br)N[C@@H](Cn1nccn1)c1ccccc1. The summed E-state index contributed by atoms with van der Waals surface area (Å²) in [5, 5.41) is 11.4. The third kappa shape index (κ3) is 5.00. The van der Waals surface area contributed by atoms with Crippen LogP contribution >= 0.6 is 15.9 Å². The van der Waals surface area contributed by atoms with Crippen LogP contribution in [0.1, 0.15) is 23.6 Å². The number of hydrogen-bond donors (Lipinski definition) is 1. The Morgan fingerprint density at radius 2 is 1.72 bits per heavy atom. The molecule has 1 N–H and O–H groups in total. The van der Waals surface area contributed by atoms with Crippen LogP contribution in [0.4, 0.5) is 0 Å². The van der Waals surface area contributed by atoms with E-state index >= 15 is 0 Å². The number of carbonyl (C=O) groups is 1. The molecule has 0 bridgehead atoms. The smallest absolute Gasteiger partial charge is 0.220 e. The number of nitrogens with one attached hydrogen (secondary N) is 1. The van der Waals surface area contributed by atoms with Gasteiger partial charge in [-0.15, -0.1) is 0 Å². The first-order chi connectivity index (χ1) is 12.2. The van der Waals surface area contributed by atoms with Crippen LogP contribution in [-0.2, 0) is 17.8 Å². The first-order valence-electron chi connectivity index (χ1n) is 8.14. The summed E-state index contributed by atoms with van der Waals surface area (Å²) in [5.41, 5.74) is 2.16. The molecule has 0 unspecified atom stereocenters. The molecule has 0 radical (unpaired) electrons. The maximum absolute atomic E-state index is 12.5. The van der Waals surface area contributed by atoms with Crippen molar-refractivity contribution in [3.8, 4) is 0 Å². The van der Waals surface area contributed by atoms with E-state index in [9.17, 15) is 4.79 Å². The van der Waals surface area contributed by atoms with Gasteiger partial charge in [0.25, 0.3) is 0 Å². The molecule has 5 nitrogen and oxygen atoms in total. The Hall–Kier alpha value is -2.47. The van der Waals surface area contributed by atoms with Gasteiger partial charge in [0.2, 0.25) is 5.91 Å². The summed E-state index contributed by atoms with van der Waals surface area (Å²) in [6.45, 7) is 0.498. The van der Waals surface area contributed by atoms with E-state index in [0.29, 0.717) is 19.4 Å². The molecule has 0 aliphatic heterocycles. The lowest BCUT2D eigenvalue weighted by Crippen LogP contribution is -2.32. The molecule has 3 aromatic rings. The Bertz CT molecular complexity index is 805. The summed E-state index contributed by atoms with van der Waals surface area (Å²) in [7, 11) is 0. The molecule has 1 amide bonds. The van der Waals surface area contributed by atoms with Gasteiger partial charge in [0, 0.05) is 10.9 Å². The Labute approximate surface area is 155 Å². The Balaban J connectivity index is 1.65. The standard InChI is InChI=1S/C19H19BrN4O/c20-17-9-5-4-6-15(17)10-11-19(25)23-18(14-24-21-12-13-22-24)16-7-2-1-3-8-16/h1-9,12-13,18H,10-11,14H2,(H,23,25)/t18-/m0/s1. The summed E-state index contributed by atoms with van der Waals surface area (Å²) in [6, 6.07) is 17.7. The van der Waals surface area contributed by atoms with Gasteiger partial charge in [0.1, 0.15) is 0 Å². The van der Waals surface area contributed by atoms with E-state index in [0.717, 1.165) is 15.6 Å². The fourth-order valence-electron chi connectivity index (χ4n) is 2.64. The fraction of sp³-hybridized carbons (Fsp3) is 0.211. The number of halogens is 1. The summed E-state index contributed by atoms with van der Waals surface area (Å²) >= 11 is 3.52. The van der Waals surface area contributed by atoms with E-state index < -0.39 is 0 Å². The number of rotatable bonds is 7. The first kappa shape index (κ1) is 17.4. The Kier molecular flexibility index (Phi) is 5.95. The maximum Gasteiger partial charge on any atom is 0.220 e. The molecule has 128 valence electrons. The molecule has 3 rings (SSSR count). The number of benzene rings is 2. The largest absolute Gasteiger partial charge is 0.347 e. The molecule has 25 heavy (non-hydrogen) atoms. The number of hydrogen-bond acceptors (Lipinski definition) is 3. The minimum absolute atomic E-state index is 0.0109. The second kappa shape index (κ2) is 8.58. The summed E-state index contributed by atoms with van der Waals surface area (Å²) in [6.07, 6.45) is 4.39. The second-order valence-electron chi connectivity index (χ2n) is 5.71. The molecule has 0 aliphatic carbocycles. The Morgan fingerprint density at radius 3 is 2.44 bits per heavy atom. The van der Waals surface area contributed by atoms with Crippen molar-refractivity contribution in [2.45, 2.75) is 25.4 Å². The zero-order valence-electron chi connectivity index (χ0n) is 13.7. The molecular weight excluding hydrogens is 380 g/mol. The van der Waals surface area contributed by atoms with Crippen LogP contribution in [0.15, 0.2) is 71.5 Å². The van der Waals surface area contributed by atoms with Gasteiger partial charge in [-0.3, -0.25) is 4.79 Å². The van der Waals surface area contributed by atoms with Gasteiger partial charge in [0.15, 0.2) is 0 Å². The van der Waals surface area contributed by atoms with Crippen LogP contribution in [0.3, 0.4) is 0 Å². The normalized spacial score (nSPS) is 11.9.